The van der Waals surface area contributed by atoms with E-state index < -0.39 is 17.8 Å². The van der Waals surface area contributed by atoms with E-state index in [0.29, 0.717) is 0 Å². The fourth-order valence-electron chi connectivity index (χ4n) is 2.42. The van der Waals surface area contributed by atoms with Gasteiger partial charge in [-0.25, -0.2) is 0 Å². The summed E-state index contributed by atoms with van der Waals surface area (Å²) in [5.41, 5.74) is -0.810. The molecule has 6 heteroatoms. The second-order valence-electron chi connectivity index (χ2n) is 5.18. The van der Waals surface area contributed by atoms with E-state index >= 15 is 0 Å². The topological polar surface area (TPSA) is 32.7 Å². The largest absolute Gasteiger partial charge is 0.490 e. The van der Waals surface area contributed by atoms with E-state index in [9.17, 15) is 18.3 Å². The van der Waals surface area contributed by atoms with E-state index in [1.54, 1.807) is 0 Å². The second kappa shape index (κ2) is 6.01. The minimum Gasteiger partial charge on any atom is -0.490 e. The van der Waals surface area contributed by atoms with Crippen molar-refractivity contribution in [3.05, 3.63) is 29.8 Å². The standard InChI is InChI=1S/C14H18F3NO2/c1-18-7-6-10(8-18)12(19)9-20-13-5-3-2-4-11(13)14(15,16)17/h2-5,10,12,19H,6-9H2,1H3. The van der Waals surface area contributed by atoms with Crippen molar-refractivity contribution in [1.82, 2.24) is 4.90 Å². The summed E-state index contributed by atoms with van der Waals surface area (Å²) in [5.74, 6) is -0.177. The number of hydrogen-bond acceptors (Lipinski definition) is 3. The molecule has 1 fully saturated rings. The molecule has 1 aromatic carbocycles. The zero-order chi connectivity index (χ0) is 14.8. The maximum atomic E-state index is 12.8. The van der Waals surface area contributed by atoms with Gasteiger partial charge in [-0.3, -0.25) is 0 Å². The maximum absolute atomic E-state index is 12.8. The highest BCUT2D eigenvalue weighted by Crippen LogP contribution is 2.36. The molecule has 0 spiro atoms. The van der Waals surface area contributed by atoms with Gasteiger partial charge in [0.05, 0.1) is 11.7 Å². The molecule has 0 aromatic heterocycles. The average molecular weight is 289 g/mol. The van der Waals surface area contributed by atoms with E-state index in [1.165, 1.54) is 18.2 Å². The smallest absolute Gasteiger partial charge is 0.419 e. The van der Waals surface area contributed by atoms with Crippen LogP contribution in [-0.4, -0.2) is 42.9 Å². The zero-order valence-corrected chi connectivity index (χ0v) is 11.2. The molecule has 0 saturated carbocycles. The number of hydrogen-bond donors (Lipinski definition) is 1. The van der Waals surface area contributed by atoms with Gasteiger partial charge >= 0.3 is 6.18 Å². The number of alkyl halides is 3. The van der Waals surface area contributed by atoms with Crippen LogP contribution >= 0.6 is 0 Å². The Labute approximate surface area is 116 Å². The number of aliphatic hydroxyl groups excluding tert-OH is 1. The van der Waals surface area contributed by atoms with Crippen LogP contribution in [0.15, 0.2) is 24.3 Å². The lowest BCUT2D eigenvalue weighted by molar-refractivity contribution is -0.139. The molecule has 2 unspecified atom stereocenters. The van der Waals surface area contributed by atoms with Gasteiger partial charge in [0.1, 0.15) is 12.4 Å². The van der Waals surface area contributed by atoms with Crippen LogP contribution in [0.1, 0.15) is 12.0 Å². The molecule has 112 valence electrons. The highest BCUT2D eigenvalue weighted by molar-refractivity contribution is 5.35. The van der Waals surface area contributed by atoms with Gasteiger partial charge < -0.3 is 14.7 Å². The molecule has 2 rings (SSSR count). The summed E-state index contributed by atoms with van der Waals surface area (Å²) in [6, 6.07) is 5.06. The van der Waals surface area contributed by atoms with E-state index in [-0.39, 0.29) is 18.3 Å². The van der Waals surface area contributed by atoms with Crippen LogP contribution in [-0.2, 0) is 6.18 Å². The fraction of sp³-hybridized carbons (Fsp3) is 0.571. The zero-order valence-electron chi connectivity index (χ0n) is 11.2. The quantitative estimate of drug-likeness (QED) is 0.924. The van der Waals surface area contributed by atoms with Crippen molar-refractivity contribution in [2.45, 2.75) is 18.7 Å². The summed E-state index contributed by atoms with van der Waals surface area (Å²) in [5, 5.41) is 9.99. The van der Waals surface area contributed by atoms with Gasteiger partial charge in [0.2, 0.25) is 0 Å². The highest BCUT2D eigenvalue weighted by Gasteiger charge is 2.34. The van der Waals surface area contributed by atoms with Crippen LogP contribution in [0, 0.1) is 5.92 Å². The van der Waals surface area contributed by atoms with Crippen LogP contribution in [0.2, 0.25) is 0 Å². The Bertz CT molecular complexity index is 450. The van der Waals surface area contributed by atoms with Gasteiger partial charge in [0.25, 0.3) is 0 Å². The van der Waals surface area contributed by atoms with Gasteiger partial charge in [0, 0.05) is 12.5 Å². The van der Waals surface area contributed by atoms with Crippen LogP contribution in [0.25, 0.3) is 0 Å². The lowest BCUT2D eigenvalue weighted by Gasteiger charge is -2.20. The summed E-state index contributed by atoms with van der Waals surface area (Å²) < 4.78 is 43.5. The number of aliphatic hydroxyl groups is 1. The van der Waals surface area contributed by atoms with Crippen molar-refractivity contribution in [2.75, 3.05) is 26.7 Å². The van der Waals surface area contributed by atoms with Crippen molar-refractivity contribution < 1.29 is 23.0 Å². The van der Waals surface area contributed by atoms with Gasteiger partial charge in [-0.1, -0.05) is 12.1 Å². The summed E-state index contributed by atoms with van der Waals surface area (Å²) in [7, 11) is 1.95. The lowest BCUT2D eigenvalue weighted by atomic mass is 10.0. The molecule has 1 N–H and O–H groups in total. The SMILES string of the molecule is CN1CCC(C(O)COc2ccccc2C(F)(F)F)C1. The number of rotatable bonds is 4. The molecule has 1 aromatic rings. The van der Waals surface area contributed by atoms with Crippen LogP contribution in [0.3, 0.4) is 0 Å². The predicted octanol–water partition coefficient (Wildman–Crippen LogP) is 2.40. The monoisotopic (exact) mass is 289 g/mol. The predicted molar refractivity (Wildman–Crippen MR) is 68.5 cm³/mol. The molecule has 0 aliphatic carbocycles. The molecule has 0 bridgehead atoms. The third-order valence-electron chi connectivity index (χ3n) is 3.57. The average Bonchev–Trinajstić information content (AvgIpc) is 2.82. The molecule has 1 aliphatic heterocycles. The number of likely N-dealkylation sites (tertiary alicyclic amines) is 1. The number of benzene rings is 1. The third kappa shape index (κ3) is 3.64. The first kappa shape index (κ1) is 15.1. The van der Waals surface area contributed by atoms with E-state index in [4.69, 9.17) is 4.74 Å². The maximum Gasteiger partial charge on any atom is 0.419 e. The van der Waals surface area contributed by atoms with Gasteiger partial charge in [-0.2, -0.15) is 13.2 Å². The number of nitrogens with zero attached hydrogens (tertiary/aromatic N) is 1. The van der Waals surface area contributed by atoms with Crippen molar-refractivity contribution in [3.8, 4) is 5.75 Å². The van der Waals surface area contributed by atoms with Crippen LogP contribution in [0.5, 0.6) is 5.75 Å². The minimum atomic E-state index is -4.45. The Balaban J connectivity index is 1.97. The second-order valence-corrected chi connectivity index (χ2v) is 5.18. The van der Waals surface area contributed by atoms with Gasteiger partial charge in [-0.05, 0) is 32.1 Å². The molecule has 1 saturated heterocycles. The minimum absolute atomic E-state index is 0.0537. The molecule has 1 heterocycles. The first-order chi connectivity index (χ1) is 9.38. The summed E-state index contributed by atoms with van der Waals surface area (Å²) in [6.07, 6.45) is -4.36. The van der Waals surface area contributed by atoms with E-state index in [2.05, 4.69) is 4.90 Å². The van der Waals surface area contributed by atoms with Crippen molar-refractivity contribution in [3.63, 3.8) is 0 Å². The molecule has 20 heavy (non-hydrogen) atoms. The van der Waals surface area contributed by atoms with E-state index in [0.717, 1.165) is 25.6 Å². The molecule has 0 amide bonds. The Hall–Kier alpha value is -1.27. The summed E-state index contributed by atoms with van der Waals surface area (Å²) in [6.45, 7) is 1.51. The Morgan fingerprint density at radius 2 is 2.10 bits per heavy atom. The molecule has 3 nitrogen and oxygen atoms in total. The Morgan fingerprint density at radius 3 is 2.70 bits per heavy atom. The summed E-state index contributed by atoms with van der Waals surface area (Å²) in [4.78, 5) is 2.08. The molecule has 1 aliphatic rings. The van der Waals surface area contributed by atoms with Gasteiger partial charge in [0.15, 0.2) is 0 Å². The van der Waals surface area contributed by atoms with Crippen LogP contribution in [0.4, 0.5) is 13.2 Å². The molecular weight excluding hydrogens is 271 g/mol. The lowest BCUT2D eigenvalue weighted by Crippen LogP contribution is -2.29. The van der Waals surface area contributed by atoms with Crippen LogP contribution < -0.4 is 4.74 Å². The van der Waals surface area contributed by atoms with Crippen molar-refractivity contribution in [1.29, 1.82) is 0 Å². The Kier molecular flexibility index (Phi) is 4.55. The first-order valence-corrected chi connectivity index (χ1v) is 6.53. The molecular formula is C14H18F3NO2. The summed E-state index contributed by atoms with van der Waals surface area (Å²) >= 11 is 0. The first-order valence-electron chi connectivity index (χ1n) is 6.53. The van der Waals surface area contributed by atoms with Gasteiger partial charge in [-0.15, -0.1) is 0 Å². The van der Waals surface area contributed by atoms with E-state index in [1.807, 2.05) is 7.05 Å². The number of para-hydroxylation sites is 1. The fourth-order valence-corrected chi connectivity index (χ4v) is 2.42. The van der Waals surface area contributed by atoms with Crippen molar-refractivity contribution >= 4 is 0 Å². The molecule has 0 radical (unpaired) electrons. The number of halogens is 3. The number of ether oxygens (including phenoxy) is 1. The van der Waals surface area contributed by atoms with Crippen molar-refractivity contribution in [2.24, 2.45) is 5.92 Å². The highest BCUT2D eigenvalue weighted by atomic mass is 19.4. The third-order valence-corrected chi connectivity index (χ3v) is 3.57. The Morgan fingerprint density at radius 1 is 1.40 bits per heavy atom. The normalized spacial score (nSPS) is 21.9. The molecule has 2 atom stereocenters.